The van der Waals surface area contributed by atoms with E-state index in [1.54, 1.807) is 0 Å². The highest BCUT2D eigenvalue weighted by atomic mass is 16.3. The van der Waals surface area contributed by atoms with Crippen LogP contribution in [0, 0.1) is 6.92 Å². The molecule has 0 spiro atoms. The molecule has 0 heterocycles. The van der Waals surface area contributed by atoms with Crippen LogP contribution in [0.1, 0.15) is 35.6 Å². The van der Waals surface area contributed by atoms with Crippen molar-refractivity contribution >= 4 is 6.08 Å². The predicted octanol–water partition coefficient (Wildman–Crippen LogP) is 4.41. The van der Waals surface area contributed by atoms with Crippen LogP contribution in [0.3, 0.4) is 0 Å². The van der Waals surface area contributed by atoms with Crippen LogP contribution in [0.25, 0.3) is 6.08 Å². The first-order valence-electron chi connectivity index (χ1n) is 8.28. The Kier molecular flexibility index (Phi) is 6.57. The molecule has 23 heavy (non-hydrogen) atoms. The van der Waals surface area contributed by atoms with Crippen LogP contribution in [-0.2, 0) is 13.1 Å². The Morgan fingerprint density at radius 2 is 1.52 bits per heavy atom. The first-order valence-corrected chi connectivity index (χ1v) is 8.28. The summed E-state index contributed by atoms with van der Waals surface area (Å²) in [7, 11) is 0. The van der Waals surface area contributed by atoms with E-state index in [-0.39, 0.29) is 12.6 Å². The summed E-state index contributed by atoms with van der Waals surface area (Å²) < 4.78 is 0. The Bertz CT molecular complexity index is 597. The van der Waals surface area contributed by atoms with Crippen molar-refractivity contribution in [2.45, 2.75) is 39.4 Å². The molecule has 0 bridgehead atoms. The molecule has 1 unspecified atom stereocenters. The SMILES string of the molecule is C=Cc1ccc(CN(Cc2ccc(C)cc2)C(CC)CO)cc1. The van der Waals surface area contributed by atoms with E-state index in [0.717, 1.165) is 25.1 Å². The Morgan fingerprint density at radius 3 is 1.96 bits per heavy atom. The summed E-state index contributed by atoms with van der Waals surface area (Å²) in [6.07, 6.45) is 2.80. The molecule has 0 fully saturated rings. The zero-order chi connectivity index (χ0) is 16.7. The lowest BCUT2D eigenvalue weighted by atomic mass is 10.1. The van der Waals surface area contributed by atoms with Gasteiger partial charge in [0.1, 0.15) is 0 Å². The molecule has 2 rings (SSSR count). The van der Waals surface area contributed by atoms with E-state index in [4.69, 9.17) is 0 Å². The second kappa shape index (κ2) is 8.66. The number of hydrogen-bond acceptors (Lipinski definition) is 2. The third-order valence-corrected chi connectivity index (χ3v) is 4.31. The normalized spacial score (nSPS) is 12.3. The number of aliphatic hydroxyl groups excluding tert-OH is 1. The molecule has 0 aromatic heterocycles. The molecular formula is C21H27NO. The van der Waals surface area contributed by atoms with Crippen LogP contribution in [0.4, 0.5) is 0 Å². The molecular weight excluding hydrogens is 282 g/mol. The van der Waals surface area contributed by atoms with E-state index < -0.39 is 0 Å². The lowest BCUT2D eigenvalue weighted by Crippen LogP contribution is -2.36. The predicted molar refractivity (Wildman–Crippen MR) is 98.1 cm³/mol. The number of rotatable bonds is 8. The number of aryl methyl sites for hydroxylation is 1. The van der Waals surface area contributed by atoms with Gasteiger partial charge >= 0.3 is 0 Å². The van der Waals surface area contributed by atoms with Crippen molar-refractivity contribution in [3.63, 3.8) is 0 Å². The maximum atomic E-state index is 9.72. The van der Waals surface area contributed by atoms with Crippen molar-refractivity contribution in [2.24, 2.45) is 0 Å². The summed E-state index contributed by atoms with van der Waals surface area (Å²) in [4.78, 5) is 2.35. The third kappa shape index (κ3) is 5.05. The summed E-state index contributed by atoms with van der Waals surface area (Å²) in [6, 6.07) is 17.3. The van der Waals surface area contributed by atoms with Gasteiger partial charge in [0.25, 0.3) is 0 Å². The monoisotopic (exact) mass is 309 g/mol. The van der Waals surface area contributed by atoms with Crippen LogP contribution in [0.5, 0.6) is 0 Å². The highest BCUT2D eigenvalue weighted by molar-refractivity contribution is 5.47. The molecule has 0 aliphatic carbocycles. The van der Waals surface area contributed by atoms with E-state index in [1.165, 1.54) is 16.7 Å². The smallest absolute Gasteiger partial charge is 0.0587 e. The van der Waals surface area contributed by atoms with E-state index in [9.17, 15) is 5.11 Å². The van der Waals surface area contributed by atoms with Crippen molar-refractivity contribution < 1.29 is 5.11 Å². The van der Waals surface area contributed by atoms with Crippen molar-refractivity contribution in [1.29, 1.82) is 0 Å². The maximum Gasteiger partial charge on any atom is 0.0587 e. The topological polar surface area (TPSA) is 23.5 Å². The summed E-state index contributed by atoms with van der Waals surface area (Å²) in [6.45, 7) is 9.90. The molecule has 0 radical (unpaired) electrons. The lowest BCUT2D eigenvalue weighted by Gasteiger charge is -2.30. The van der Waals surface area contributed by atoms with Crippen LogP contribution in [0.2, 0.25) is 0 Å². The summed E-state index contributed by atoms with van der Waals surface area (Å²) in [5.41, 5.74) is 4.95. The minimum absolute atomic E-state index is 0.176. The Labute approximate surface area is 140 Å². The van der Waals surface area contributed by atoms with Gasteiger partial charge in [-0.15, -0.1) is 0 Å². The highest BCUT2D eigenvalue weighted by Crippen LogP contribution is 2.16. The molecule has 1 N–H and O–H groups in total. The van der Waals surface area contributed by atoms with E-state index >= 15 is 0 Å². The van der Waals surface area contributed by atoms with E-state index in [0.29, 0.717) is 0 Å². The summed E-state index contributed by atoms with van der Waals surface area (Å²) >= 11 is 0. The standard InChI is InChI=1S/C21H27NO/c1-4-18-10-12-20(13-11-18)15-22(21(5-2)16-23)14-19-8-6-17(3)7-9-19/h4,6-13,21,23H,1,5,14-16H2,2-3H3. The first-order chi connectivity index (χ1) is 11.2. The van der Waals surface area contributed by atoms with Crippen LogP contribution >= 0.6 is 0 Å². The van der Waals surface area contributed by atoms with Crippen LogP contribution in [-0.4, -0.2) is 22.7 Å². The first kappa shape index (κ1) is 17.5. The molecule has 1 atom stereocenters. The van der Waals surface area contributed by atoms with Gasteiger partial charge in [-0.05, 0) is 30.0 Å². The van der Waals surface area contributed by atoms with Crippen molar-refractivity contribution in [3.8, 4) is 0 Å². The van der Waals surface area contributed by atoms with Crippen molar-refractivity contribution in [1.82, 2.24) is 4.90 Å². The minimum Gasteiger partial charge on any atom is -0.395 e. The quantitative estimate of drug-likeness (QED) is 0.780. The highest BCUT2D eigenvalue weighted by Gasteiger charge is 2.16. The second-order valence-electron chi connectivity index (χ2n) is 6.08. The van der Waals surface area contributed by atoms with Gasteiger partial charge in [0.2, 0.25) is 0 Å². The third-order valence-electron chi connectivity index (χ3n) is 4.31. The molecule has 2 heteroatoms. The Balaban J connectivity index is 2.15. The summed E-state index contributed by atoms with van der Waals surface area (Å²) in [5, 5.41) is 9.72. The molecule has 2 nitrogen and oxygen atoms in total. The fourth-order valence-corrected chi connectivity index (χ4v) is 2.74. The van der Waals surface area contributed by atoms with Gasteiger partial charge in [0.15, 0.2) is 0 Å². The average molecular weight is 309 g/mol. The molecule has 122 valence electrons. The van der Waals surface area contributed by atoms with Gasteiger partial charge in [0, 0.05) is 19.1 Å². The van der Waals surface area contributed by atoms with Gasteiger partial charge in [-0.2, -0.15) is 0 Å². The van der Waals surface area contributed by atoms with E-state index in [1.807, 2.05) is 6.08 Å². The summed E-state index contributed by atoms with van der Waals surface area (Å²) in [5.74, 6) is 0. The number of hydrogen-bond donors (Lipinski definition) is 1. The van der Waals surface area contributed by atoms with Crippen molar-refractivity contribution in [3.05, 3.63) is 77.4 Å². The average Bonchev–Trinajstić information content (AvgIpc) is 2.58. The molecule has 2 aromatic carbocycles. The zero-order valence-electron chi connectivity index (χ0n) is 14.2. The zero-order valence-corrected chi connectivity index (χ0v) is 14.2. The Hall–Kier alpha value is -1.90. The van der Waals surface area contributed by atoms with Crippen LogP contribution < -0.4 is 0 Å². The number of benzene rings is 2. The largest absolute Gasteiger partial charge is 0.395 e. The maximum absolute atomic E-state index is 9.72. The molecule has 0 aliphatic heterocycles. The van der Waals surface area contributed by atoms with Crippen molar-refractivity contribution in [2.75, 3.05) is 6.61 Å². The molecule has 2 aromatic rings. The molecule has 0 aliphatic rings. The molecule has 0 saturated carbocycles. The lowest BCUT2D eigenvalue weighted by molar-refractivity contribution is 0.107. The van der Waals surface area contributed by atoms with Gasteiger partial charge in [-0.3, -0.25) is 4.90 Å². The minimum atomic E-state index is 0.176. The van der Waals surface area contributed by atoms with E-state index in [2.05, 4.69) is 73.9 Å². The second-order valence-corrected chi connectivity index (χ2v) is 6.08. The molecule has 0 amide bonds. The fraction of sp³-hybridized carbons (Fsp3) is 0.333. The number of nitrogens with zero attached hydrogens (tertiary/aromatic N) is 1. The van der Waals surface area contributed by atoms with Crippen LogP contribution in [0.15, 0.2) is 55.1 Å². The van der Waals surface area contributed by atoms with Gasteiger partial charge in [-0.1, -0.05) is 73.7 Å². The van der Waals surface area contributed by atoms with Gasteiger partial charge in [-0.25, -0.2) is 0 Å². The molecule has 0 saturated heterocycles. The Morgan fingerprint density at radius 1 is 1.00 bits per heavy atom. The number of aliphatic hydroxyl groups is 1. The van der Waals surface area contributed by atoms with Gasteiger partial charge in [0.05, 0.1) is 6.61 Å². The fourth-order valence-electron chi connectivity index (χ4n) is 2.74. The van der Waals surface area contributed by atoms with Gasteiger partial charge < -0.3 is 5.11 Å².